The van der Waals surface area contributed by atoms with Gasteiger partial charge in [-0.05, 0) is 87.3 Å². The molecule has 0 saturated heterocycles. The van der Waals surface area contributed by atoms with E-state index < -0.39 is 0 Å². The monoisotopic (exact) mass is 749 g/mol. The zero-order valence-corrected chi connectivity index (χ0v) is 32.0. The molecule has 3 aromatic heterocycles. The zero-order valence-electron chi connectivity index (χ0n) is 32.0. The molecule has 0 radical (unpaired) electrons. The number of fused-ring (bicyclic) bond motifs is 9. The molecular weight excluding hydrogens is 715 g/mol. The van der Waals surface area contributed by atoms with Crippen LogP contribution in [-0.4, -0.2) is 14.5 Å². The number of rotatable bonds is 5. The van der Waals surface area contributed by atoms with Crippen LogP contribution in [0.15, 0.2) is 212 Å². The van der Waals surface area contributed by atoms with Crippen molar-refractivity contribution in [2.75, 3.05) is 0 Å². The van der Waals surface area contributed by atoms with E-state index in [1.54, 1.807) is 0 Å². The van der Waals surface area contributed by atoms with Crippen LogP contribution >= 0.6 is 0 Å². The molecule has 9 aromatic carbocycles. The Labute approximate surface area is 341 Å². The second-order valence-corrected chi connectivity index (χ2v) is 15.4. The fourth-order valence-electron chi connectivity index (χ4n) is 9.11. The van der Waals surface area contributed by atoms with Gasteiger partial charge in [-0.1, -0.05) is 158 Å². The minimum atomic E-state index is 0.927. The SMILES string of the molecule is c1ccc(-c2nc3ccccc3c3c2ccc2c3c3ccccc3n2-c2cccc(-c3cc(-c4ccc5ccccc5c4)cc(-c4ccc5ccccc5c4)n3)c2)cc1. The number of aromatic nitrogens is 3. The van der Waals surface area contributed by atoms with Crippen LogP contribution in [0.1, 0.15) is 0 Å². The Morgan fingerprint density at radius 2 is 0.915 bits per heavy atom. The Morgan fingerprint density at radius 1 is 0.305 bits per heavy atom. The Kier molecular flexibility index (Phi) is 7.54. The third kappa shape index (κ3) is 5.51. The standard InChI is InChI=1S/C56H35N3/c1-2-15-38(16-3-1)56-48-29-30-53-55(54(48)46-21-8-10-23-49(46)58-56)47-22-9-11-24-52(47)59(53)45-20-12-19-42(33-45)50-34-44(41-27-25-36-13-4-6-17-39(36)31-41)35-51(57-50)43-28-26-37-14-5-7-18-40(37)32-43/h1-35H. The van der Waals surface area contributed by atoms with E-state index in [9.17, 15) is 0 Å². The maximum absolute atomic E-state index is 5.41. The number of hydrogen-bond acceptors (Lipinski definition) is 2. The van der Waals surface area contributed by atoms with Crippen LogP contribution in [0.5, 0.6) is 0 Å². The Bertz CT molecular complexity index is 3520. The Balaban J connectivity index is 1.08. The van der Waals surface area contributed by atoms with Gasteiger partial charge in [-0.25, -0.2) is 9.97 Å². The summed E-state index contributed by atoms with van der Waals surface area (Å²) in [5, 5.41) is 10.8. The molecule has 274 valence electrons. The number of pyridine rings is 2. The molecule has 0 aliphatic rings. The van der Waals surface area contributed by atoms with E-state index in [0.717, 1.165) is 77.9 Å². The summed E-state index contributed by atoms with van der Waals surface area (Å²) in [5.41, 5.74) is 12.8. The average Bonchev–Trinajstić information content (AvgIpc) is 3.65. The molecule has 0 bridgehead atoms. The molecule has 0 spiro atoms. The van der Waals surface area contributed by atoms with Gasteiger partial charge in [0.2, 0.25) is 0 Å². The second kappa shape index (κ2) is 13.4. The summed E-state index contributed by atoms with van der Waals surface area (Å²) in [6.07, 6.45) is 0. The van der Waals surface area contributed by atoms with Crippen LogP contribution in [0.2, 0.25) is 0 Å². The highest BCUT2D eigenvalue weighted by Gasteiger charge is 2.20. The smallest absolute Gasteiger partial charge is 0.0788 e. The van der Waals surface area contributed by atoms with E-state index in [1.165, 1.54) is 37.7 Å². The lowest BCUT2D eigenvalue weighted by Gasteiger charge is -2.14. The summed E-state index contributed by atoms with van der Waals surface area (Å²) in [4.78, 5) is 10.7. The van der Waals surface area contributed by atoms with Crippen LogP contribution in [0, 0.1) is 0 Å². The maximum atomic E-state index is 5.41. The van der Waals surface area contributed by atoms with Gasteiger partial charge in [0, 0.05) is 49.3 Å². The molecule has 0 unspecified atom stereocenters. The van der Waals surface area contributed by atoms with Crippen molar-refractivity contribution in [1.82, 2.24) is 14.5 Å². The fraction of sp³-hybridized carbons (Fsp3) is 0. The van der Waals surface area contributed by atoms with E-state index in [2.05, 4.69) is 217 Å². The first-order valence-electron chi connectivity index (χ1n) is 20.1. The van der Waals surface area contributed by atoms with Crippen molar-refractivity contribution in [2.24, 2.45) is 0 Å². The normalized spacial score (nSPS) is 11.7. The van der Waals surface area contributed by atoms with Gasteiger partial charge in [-0.2, -0.15) is 0 Å². The van der Waals surface area contributed by atoms with Crippen molar-refractivity contribution >= 4 is 65.0 Å². The highest BCUT2D eigenvalue weighted by Crippen LogP contribution is 2.43. The van der Waals surface area contributed by atoms with Crippen LogP contribution in [0.25, 0.3) is 116 Å². The average molecular weight is 750 g/mol. The molecule has 0 amide bonds. The van der Waals surface area contributed by atoms with Gasteiger partial charge in [0.05, 0.1) is 33.6 Å². The van der Waals surface area contributed by atoms with Crippen LogP contribution < -0.4 is 0 Å². The third-order valence-corrected chi connectivity index (χ3v) is 11.9. The van der Waals surface area contributed by atoms with E-state index in [-0.39, 0.29) is 0 Å². The Morgan fingerprint density at radius 3 is 1.69 bits per heavy atom. The van der Waals surface area contributed by atoms with Gasteiger partial charge in [-0.3, -0.25) is 0 Å². The molecule has 3 heterocycles. The van der Waals surface area contributed by atoms with E-state index >= 15 is 0 Å². The molecule has 0 aliphatic heterocycles. The van der Waals surface area contributed by atoms with Crippen LogP contribution in [-0.2, 0) is 0 Å². The second-order valence-electron chi connectivity index (χ2n) is 15.4. The third-order valence-electron chi connectivity index (χ3n) is 11.9. The lowest BCUT2D eigenvalue weighted by atomic mass is 9.96. The molecule has 0 aliphatic carbocycles. The number of nitrogens with zero attached hydrogens (tertiary/aromatic N) is 3. The van der Waals surface area contributed by atoms with Gasteiger partial charge >= 0.3 is 0 Å². The van der Waals surface area contributed by atoms with E-state index in [0.29, 0.717) is 0 Å². The van der Waals surface area contributed by atoms with Crippen molar-refractivity contribution < 1.29 is 0 Å². The van der Waals surface area contributed by atoms with Crippen molar-refractivity contribution in [3.63, 3.8) is 0 Å². The number of benzene rings is 9. The van der Waals surface area contributed by atoms with Gasteiger partial charge in [0.15, 0.2) is 0 Å². The van der Waals surface area contributed by atoms with Gasteiger partial charge in [0.1, 0.15) is 0 Å². The fourth-order valence-corrected chi connectivity index (χ4v) is 9.11. The summed E-state index contributed by atoms with van der Waals surface area (Å²) in [6, 6.07) is 76.3. The first-order valence-corrected chi connectivity index (χ1v) is 20.1. The van der Waals surface area contributed by atoms with Crippen molar-refractivity contribution in [2.45, 2.75) is 0 Å². The highest BCUT2D eigenvalue weighted by molar-refractivity contribution is 6.29. The molecule has 12 rings (SSSR count). The largest absolute Gasteiger partial charge is 0.309 e. The quantitative estimate of drug-likeness (QED) is 0.164. The summed E-state index contributed by atoms with van der Waals surface area (Å²) in [7, 11) is 0. The molecule has 3 nitrogen and oxygen atoms in total. The van der Waals surface area contributed by atoms with Crippen molar-refractivity contribution in [1.29, 1.82) is 0 Å². The van der Waals surface area contributed by atoms with E-state index in [1.807, 2.05) is 0 Å². The summed E-state index contributed by atoms with van der Waals surface area (Å²) in [5.74, 6) is 0. The van der Waals surface area contributed by atoms with Gasteiger partial charge in [-0.15, -0.1) is 0 Å². The topological polar surface area (TPSA) is 30.7 Å². The van der Waals surface area contributed by atoms with Gasteiger partial charge in [0.25, 0.3) is 0 Å². The first kappa shape index (κ1) is 33.3. The van der Waals surface area contributed by atoms with Crippen molar-refractivity contribution in [3.05, 3.63) is 212 Å². The lowest BCUT2D eigenvalue weighted by Crippen LogP contribution is -1.96. The molecular formula is C56H35N3. The zero-order chi connectivity index (χ0) is 38.9. The molecule has 0 N–H and O–H groups in total. The number of para-hydroxylation sites is 2. The minimum Gasteiger partial charge on any atom is -0.309 e. The first-order chi connectivity index (χ1) is 29.2. The van der Waals surface area contributed by atoms with Crippen molar-refractivity contribution in [3.8, 4) is 50.6 Å². The van der Waals surface area contributed by atoms with Crippen LogP contribution in [0.4, 0.5) is 0 Å². The molecule has 3 heteroatoms. The summed E-state index contributed by atoms with van der Waals surface area (Å²) in [6.45, 7) is 0. The molecule has 0 saturated carbocycles. The maximum Gasteiger partial charge on any atom is 0.0788 e. The molecule has 59 heavy (non-hydrogen) atoms. The van der Waals surface area contributed by atoms with E-state index in [4.69, 9.17) is 9.97 Å². The highest BCUT2D eigenvalue weighted by atomic mass is 15.0. The van der Waals surface area contributed by atoms with Gasteiger partial charge < -0.3 is 4.57 Å². The predicted molar refractivity (Wildman–Crippen MR) is 248 cm³/mol. The molecule has 0 atom stereocenters. The molecule has 0 fully saturated rings. The summed E-state index contributed by atoms with van der Waals surface area (Å²) < 4.78 is 2.42. The lowest BCUT2D eigenvalue weighted by molar-refractivity contribution is 1.18. The molecule has 12 aromatic rings. The minimum absolute atomic E-state index is 0.927. The number of hydrogen-bond donors (Lipinski definition) is 0. The predicted octanol–water partition coefficient (Wildman–Crippen LogP) is 14.9. The van der Waals surface area contributed by atoms with Crippen LogP contribution in [0.3, 0.4) is 0 Å². The summed E-state index contributed by atoms with van der Waals surface area (Å²) >= 11 is 0. The Hall–Kier alpha value is -7.88.